The highest BCUT2D eigenvalue weighted by Crippen LogP contribution is 2.33. The molecule has 0 spiro atoms. The van der Waals surface area contributed by atoms with Crippen LogP contribution < -0.4 is 0 Å². The van der Waals surface area contributed by atoms with Gasteiger partial charge < -0.3 is 4.90 Å². The minimum absolute atomic E-state index is 0.103. The molecule has 1 aliphatic rings. The van der Waals surface area contributed by atoms with Crippen molar-refractivity contribution < 1.29 is 4.79 Å². The van der Waals surface area contributed by atoms with Crippen molar-refractivity contribution in [2.75, 3.05) is 13.1 Å². The second-order valence-corrected chi connectivity index (χ2v) is 7.15. The number of piperidine rings is 1. The molecular formula is C19H20ClN5O. The molecule has 1 saturated heterocycles. The van der Waals surface area contributed by atoms with Gasteiger partial charge in [-0.15, -0.1) is 0 Å². The molecule has 1 aliphatic heterocycles. The molecule has 3 aromatic rings. The molecule has 26 heavy (non-hydrogen) atoms. The Bertz CT molecular complexity index is 914. The van der Waals surface area contributed by atoms with Crippen LogP contribution >= 0.6 is 11.6 Å². The van der Waals surface area contributed by atoms with Crippen LogP contribution in [0, 0.1) is 6.92 Å². The van der Waals surface area contributed by atoms with Gasteiger partial charge >= 0.3 is 0 Å². The third-order valence-corrected chi connectivity index (χ3v) is 5.24. The number of amides is 1. The number of aromatic nitrogens is 4. The second kappa shape index (κ2) is 6.96. The Hall–Kier alpha value is -2.60. The van der Waals surface area contributed by atoms with Crippen LogP contribution in [0.4, 0.5) is 0 Å². The summed E-state index contributed by atoms with van der Waals surface area (Å²) < 4.78 is 0. The Balaban J connectivity index is 1.57. The smallest absolute Gasteiger partial charge is 0.273 e. The van der Waals surface area contributed by atoms with Crippen LogP contribution in [0.2, 0.25) is 5.02 Å². The van der Waals surface area contributed by atoms with Crippen molar-refractivity contribution in [3.05, 3.63) is 58.6 Å². The summed E-state index contributed by atoms with van der Waals surface area (Å²) in [5.41, 5.74) is 4.91. The Morgan fingerprint density at radius 1 is 1.19 bits per heavy atom. The summed E-state index contributed by atoms with van der Waals surface area (Å²) in [6, 6.07) is 8.42. The number of carbonyl (C=O) groups is 1. The number of hydrogen-bond donors (Lipinski definition) is 2. The van der Waals surface area contributed by atoms with Gasteiger partial charge in [-0.3, -0.25) is 15.0 Å². The molecular weight excluding hydrogens is 350 g/mol. The second-order valence-electron chi connectivity index (χ2n) is 6.75. The largest absolute Gasteiger partial charge is 0.337 e. The Morgan fingerprint density at radius 2 is 1.96 bits per heavy atom. The summed E-state index contributed by atoms with van der Waals surface area (Å²) in [5, 5.41) is 14.3. The predicted octanol–water partition coefficient (Wildman–Crippen LogP) is 3.78. The van der Waals surface area contributed by atoms with E-state index in [1.165, 1.54) is 11.8 Å². The lowest BCUT2D eigenvalue weighted by Gasteiger charge is -2.32. The third-order valence-electron chi connectivity index (χ3n) is 4.96. The fraction of sp³-hybridized carbons (Fsp3) is 0.316. The number of nitrogens with one attached hydrogen (secondary N) is 2. The van der Waals surface area contributed by atoms with Gasteiger partial charge in [0.05, 0.1) is 17.4 Å². The van der Waals surface area contributed by atoms with Gasteiger partial charge in [0.1, 0.15) is 5.69 Å². The number of likely N-dealkylation sites (tertiary alicyclic amines) is 1. The molecule has 0 saturated carbocycles. The molecule has 0 aliphatic carbocycles. The number of benzene rings is 1. The van der Waals surface area contributed by atoms with Crippen LogP contribution in [0.5, 0.6) is 0 Å². The van der Waals surface area contributed by atoms with E-state index < -0.39 is 0 Å². The van der Waals surface area contributed by atoms with E-state index in [9.17, 15) is 4.79 Å². The standard InChI is InChI=1S/C19H20ClN5O/c1-12-4-6-13(7-5-12)15-9-21-23-17(15)14-3-2-8-25(11-14)19(26)18-16(20)10-22-24-18/h4-7,9-10,14H,2-3,8,11H2,1H3,(H,21,23)(H,22,24)/t14-/m0/s1. The molecule has 134 valence electrons. The molecule has 1 aromatic carbocycles. The minimum atomic E-state index is -0.103. The molecule has 2 N–H and O–H groups in total. The molecule has 7 heteroatoms. The molecule has 0 bridgehead atoms. The first kappa shape index (κ1) is 16.8. The van der Waals surface area contributed by atoms with Crippen LogP contribution in [0.3, 0.4) is 0 Å². The topological polar surface area (TPSA) is 77.7 Å². The number of aromatic amines is 2. The van der Waals surface area contributed by atoms with Crippen molar-refractivity contribution in [3.63, 3.8) is 0 Å². The lowest BCUT2D eigenvalue weighted by Crippen LogP contribution is -2.39. The van der Waals surface area contributed by atoms with Crippen molar-refractivity contribution in [1.82, 2.24) is 25.3 Å². The summed E-state index contributed by atoms with van der Waals surface area (Å²) >= 11 is 6.05. The first-order chi connectivity index (χ1) is 12.6. The number of carbonyl (C=O) groups excluding carboxylic acids is 1. The minimum Gasteiger partial charge on any atom is -0.337 e. The Morgan fingerprint density at radius 3 is 2.69 bits per heavy atom. The van der Waals surface area contributed by atoms with Crippen LogP contribution in [0.15, 0.2) is 36.7 Å². The van der Waals surface area contributed by atoms with E-state index in [1.54, 1.807) is 0 Å². The molecule has 0 radical (unpaired) electrons. The fourth-order valence-corrected chi connectivity index (χ4v) is 3.72. The zero-order valence-electron chi connectivity index (χ0n) is 14.5. The number of rotatable bonds is 3. The number of hydrogen-bond acceptors (Lipinski definition) is 3. The maximum Gasteiger partial charge on any atom is 0.273 e. The average molecular weight is 370 g/mol. The highest BCUT2D eigenvalue weighted by Gasteiger charge is 2.29. The van der Waals surface area contributed by atoms with E-state index >= 15 is 0 Å². The number of nitrogens with zero attached hydrogens (tertiary/aromatic N) is 3. The van der Waals surface area contributed by atoms with Crippen molar-refractivity contribution >= 4 is 17.5 Å². The molecule has 1 atom stereocenters. The van der Waals surface area contributed by atoms with E-state index in [0.29, 0.717) is 17.3 Å². The first-order valence-corrected chi connectivity index (χ1v) is 9.09. The van der Waals surface area contributed by atoms with Gasteiger partial charge in [-0.1, -0.05) is 41.4 Å². The quantitative estimate of drug-likeness (QED) is 0.737. The fourth-order valence-electron chi connectivity index (χ4n) is 3.55. The Labute approximate surface area is 156 Å². The molecule has 4 rings (SSSR count). The lowest BCUT2D eigenvalue weighted by atomic mass is 9.90. The maximum absolute atomic E-state index is 12.7. The zero-order chi connectivity index (χ0) is 18.1. The maximum atomic E-state index is 12.7. The van der Waals surface area contributed by atoms with E-state index in [-0.39, 0.29) is 11.8 Å². The van der Waals surface area contributed by atoms with Gasteiger partial charge in [-0.05, 0) is 25.3 Å². The van der Waals surface area contributed by atoms with Gasteiger partial charge in [0.2, 0.25) is 0 Å². The van der Waals surface area contributed by atoms with Crippen LogP contribution in [0.25, 0.3) is 11.1 Å². The van der Waals surface area contributed by atoms with E-state index in [1.807, 2.05) is 11.1 Å². The van der Waals surface area contributed by atoms with Crippen molar-refractivity contribution in [2.24, 2.45) is 0 Å². The lowest BCUT2D eigenvalue weighted by molar-refractivity contribution is 0.0700. The van der Waals surface area contributed by atoms with Gasteiger partial charge in [0.25, 0.3) is 5.91 Å². The van der Waals surface area contributed by atoms with Gasteiger partial charge in [0.15, 0.2) is 0 Å². The summed E-state index contributed by atoms with van der Waals surface area (Å²) in [5.74, 6) is 0.113. The highest BCUT2D eigenvalue weighted by molar-refractivity contribution is 6.33. The predicted molar refractivity (Wildman–Crippen MR) is 100 cm³/mol. The molecule has 1 fully saturated rings. The summed E-state index contributed by atoms with van der Waals surface area (Å²) in [7, 11) is 0. The van der Waals surface area contributed by atoms with Gasteiger partial charge in [-0.2, -0.15) is 10.2 Å². The van der Waals surface area contributed by atoms with Crippen LogP contribution in [-0.4, -0.2) is 44.3 Å². The summed E-state index contributed by atoms with van der Waals surface area (Å²) in [6.07, 6.45) is 5.28. The third kappa shape index (κ3) is 3.12. The average Bonchev–Trinajstić information content (AvgIpc) is 3.31. The molecule has 6 nitrogen and oxygen atoms in total. The van der Waals surface area contributed by atoms with Crippen molar-refractivity contribution in [3.8, 4) is 11.1 Å². The normalized spacial score (nSPS) is 17.5. The molecule has 3 heterocycles. The van der Waals surface area contributed by atoms with Gasteiger partial charge in [0, 0.05) is 30.3 Å². The Kier molecular flexibility index (Phi) is 4.51. The number of aryl methyl sites for hydroxylation is 1. The SMILES string of the molecule is Cc1ccc(-c2cn[nH]c2[C@H]2CCCN(C(=O)c3[nH]ncc3Cl)C2)cc1. The summed E-state index contributed by atoms with van der Waals surface area (Å²) in [4.78, 5) is 14.6. The van der Waals surface area contributed by atoms with E-state index in [2.05, 4.69) is 51.6 Å². The van der Waals surface area contributed by atoms with Crippen molar-refractivity contribution in [2.45, 2.75) is 25.7 Å². The molecule has 2 aromatic heterocycles. The van der Waals surface area contributed by atoms with Crippen LogP contribution in [-0.2, 0) is 0 Å². The first-order valence-electron chi connectivity index (χ1n) is 8.72. The van der Waals surface area contributed by atoms with E-state index in [4.69, 9.17) is 11.6 Å². The summed E-state index contributed by atoms with van der Waals surface area (Å²) in [6.45, 7) is 3.43. The monoisotopic (exact) mass is 369 g/mol. The number of halogens is 1. The zero-order valence-corrected chi connectivity index (χ0v) is 15.3. The van der Waals surface area contributed by atoms with E-state index in [0.717, 1.165) is 36.2 Å². The molecule has 0 unspecified atom stereocenters. The molecule has 1 amide bonds. The number of H-pyrrole nitrogens is 2. The van der Waals surface area contributed by atoms with Gasteiger partial charge in [-0.25, -0.2) is 0 Å². The van der Waals surface area contributed by atoms with Crippen molar-refractivity contribution in [1.29, 1.82) is 0 Å². The van der Waals surface area contributed by atoms with Crippen LogP contribution in [0.1, 0.15) is 40.5 Å². The highest BCUT2D eigenvalue weighted by atomic mass is 35.5.